The van der Waals surface area contributed by atoms with Crippen molar-refractivity contribution in [1.82, 2.24) is 10.6 Å². The van der Waals surface area contributed by atoms with Gasteiger partial charge in [0, 0.05) is 25.9 Å². The number of alkyl carbamates (subject to hydrolysis) is 1. The molecular weight excluding hydrogens is 380 g/mol. The molecule has 0 aromatic rings. The Morgan fingerprint density at radius 2 is 1.55 bits per heavy atom. The van der Waals surface area contributed by atoms with Crippen LogP contribution in [-0.2, 0) is 19.0 Å². The highest BCUT2D eigenvalue weighted by Gasteiger charge is 2.03. The molecule has 0 aliphatic heterocycles. The molecule has 0 aromatic heterocycles. The van der Waals surface area contributed by atoms with E-state index in [-0.39, 0.29) is 5.91 Å². The van der Waals surface area contributed by atoms with Gasteiger partial charge in [0.2, 0.25) is 5.91 Å². The number of amides is 2. The normalized spacial score (nSPS) is 12.1. The van der Waals surface area contributed by atoms with Gasteiger partial charge in [0.25, 0.3) is 0 Å². The van der Waals surface area contributed by atoms with Crippen LogP contribution in [0.1, 0.15) is 40.0 Å². The second kappa shape index (κ2) is 17.7. The van der Waals surface area contributed by atoms with Crippen molar-refractivity contribution in [2.24, 2.45) is 27.6 Å². The van der Waals surface area contributed by atoms with Crippen molar-refractivity contribution in [3.63, 3.8) is 0 Å². The van der Waals surface area contributed by atoms with E-state index in [9.17, 15) is 9.59 Å². The molecule has 0 aliphatic carbocycles. The molecule has 11 nitrogen and oxygen atoms in total. The zero-order valence-corrected chi connectivity index (χ0v) is 17.7. The van der Waals surface area contributed by atoms with Crippen LogP contribution in [0, 0.1) is 5.92 Å². The van der Waals surface area contributed by atoms with E-state index in [1.54, 1.807) is 6.92 Å². The summed E-state index contributed by atoms with van der Waals surface area (Å²) in [4.78, 5) is 23.0. The highest BCUT2D eigenvalue weighted by atomic mass is 16.5. The van der Waals surface area contributed by atoms with Crippen LogP contribution in [0.3, 0.4) is 0 Å². The largest absolute Gasteiger partial charge is 0.449 e. The van der Waals surface area contributed by atoms with Gasteiger partial charge in [-0.3, -0.25) is 4.79 Å². The standard InChI is InChI=1S/C18H36N6O5/c1-14(2)13-29-18(26)22-8-10-28-12-11-27-9-7-21-17(25)6-4-5-16(20)24-23-15(3)19/h14H,4-13H2,1-3H3,(H2,19,23)(H2,20,24)(H,21,25)(H,22,26). The Hall–Kier alpha value is -2.40. The van der Waals surface area contributed by atoms with E-state index >= 15 is 0 Å². The fraction of sp³-hybridized carbons (Fsp3) is 0.778. The molecule has 0 heterocycles. The van der Waals surface area contributed by atoms with E-state index in [0.29, 0.717) is 83.0 Å². The van der Waals surface area contributed by atoms with Crippen LogP contribution in [0.25, 0.3) is 0 Å². The van der Waals surface area contributed by atoms with Gasteiger partial charge in [0.05, 0.1) is 33.0 Å². The first-order valence-electron chi connectivity index (χ1n) is 9.76. The van der Waals surface area contributed by atoms with Crippen molar-refractivity contribution in [1.29, 1.82) is 0 Å². The van der Waals surface area contributed by atoms with E-state index in [2.05, 4.69) is 20.8 Å². The Kier molecular flexibility index (Phi) is 16.2. The molecule has 29 heavy (non-hydrogen) atoms. The number of nitrogens with one attached hydrogen (secondary N) is 2. The van der Waals surface area contributed by atoms with Crippen LogP contribution in [0.5, 0.6) is 0 Å². The Morgan fingerprint density at radius 3 is 2.14 bits per heavy atom. The van der Waals surface area contributed by atoms with Gasteiger partial charge in [-0.05, 0) is 19.3 Å². The van der Waals surface area contributed by atoms with E-state index < -0.39 is 6.09 Å². The van der Waals surface area contributed by atoms with Crippen LogP contribution in [0.4, 0.5) is 4.79 Å². The molecule has 0 unspecified atom stereocenters. The molecule has 0 saturated carbocycles. The van der Waals surface area contributed by atoms with Gasteiger partial charge in [0.1, 0.15) is 11.7 Å². The number of hydrogen-bond acceptors (Lipinski definition) is 7. The average Bonchev–Trinajstić information content (AvgIpc) is 2.66. The number of carbonyl (C=O) groups is 2. The molecule has 11 heteroatoms. The summed E-state index contributed by atoms with van der Waals surface area (Å²) in [5.74, 6) is 0.896. The predicted octanol–water partition coefficient (Wildman–Crippen LogP) is 0.338. The van der Waals surface area contributed by atoms with Gasteiger partial charge in [0.15, 0.2) is 0 Å². The first-order chi connectivity index (χ1) is 13.8. The monoisotopic (exact) mass is 416 g/mol. The maximum Gasteiger partial charge on any atom is 0.407 e. The lowest BCUT2D eigenvalue weighted by Gasteiger charge is -2.09. The van der Waals surface area contributed by atoms with E-state index in [0.717, 1.165) is 0 Å². The number of nitrogens with zero attached hydrogens (tertiary/aromatic N) is 2. The molecule has 168 valence electrons. The summed E-state index contributed by atoms with van der Waals surface area (Å²) in [6.07, 6.45) is 0.955. The van der Waals surface area contributed by atoms with Crippen molar-refractivity contribution < 1.29 is 23.8 Å². The summed E-state index contributed by atoms with van der Waals surface area (Å²) >= 11 is 0. The highest BCUT2D eigenvalue weighted by Crippen LogP contribution is 1.96. The Balaban J connectivity index is 3.44. The third kappa shape index (κ3) is 20.2. The number of ether oxygens (including phenoxy) is 3. The topological polar surface area (TPSA) is 163 Å². The smallest absolute Gasteiger partial charge is 0.407 e. The molecule has 0 spiro atoms. The lowest BCUT2D eigenvalue weighted by atomic mass is 10.2. The van der Waals surface area contributed by atoms with Crippen LogP contribution in [0.15, 0.2) is 10.2 Å². The van der Waals surface area contributed by atoms with E-state index in [4.69, 9.17) is 25.7 Å². The maximum atomic E-state index is 11.7. The molecule has 0 saturated heterocycles. The molecule has 0 aromatic carbocycles. The number of carbonyl (C=O) groups excluding carboxylic acids is 2. The average molecular weight is 417 g/mol. The molecule has 0 atom stereocenters. The van der Waals surface area contributed by atoms with E-state index in [1.807, 2.05) is 13.8 Å². The highest BCUT2D eigenvalue weighted by molar-refractivity contribution is 5.83. The molecular formula is C18H36N6O5. The molecule has 0 aliphatic rings. The summed E-state index contributed by atoms with van der Waals surface area (Å²) in [5.41, 5.74) is 11.0. The summed E-state index contributed by atoms with van der Waals surface area (Å²) in [5, 5.41) is 12.7. The van der Waals surface area contributed by atoms with Crippen molar-refractivity contribution in [2.75, 3.05) is 46.1 Å². The summed E-state index contributed by atoms with van der Waals surface area (Å²) in [6.45, 7) is 8.31. The zero-order chi connectivity index (χ0) is 21.9. The predicted molar refractivity (Wildman–Crippen MR) is 112 cm³/mol. The van der Waals surface area contributed by atoms with Gasteiger partial charge in [-0.25, -0.2) is 4.79 Å². The Morgan fingerprint density at radius 1 is 0.931 bits per heavy atom. The van der Waals surface area contributed by atoms with Gasteiger partial charge in [-0.15, -0.1) is 10.2 Å². The Bertz CT molecular complexity index is 521. The molecule has 6 N–H and O–H groups in total. The van der Waals surface area contributed by atoms with E-state index in [1.165, 1.54) is 0 Å². The van der Waals surface area contributed by atoms with Crippen LogP contribution >= 0.6 is 0 Å². The number of hydrogen-bond donors (Lipinski definition) is 4. The lowest BCUT2D eigenvalue weighted by Crippen LogP contribution is -2.29. The van der Waals surface area contributed by atoms with Crippen molar-refractivity contribution in [3.8, 4) is 0 Å². The fourth-order valence-corrected chi connectivity index (χ4v) is 1.81. The first-order valence-corrected chi connectivity index (χ1v) is 9.76. The molecule has 0 bridgehead atoms. The second-order valence-corrected chi connectivity index (χ2v) is 6.68. The minimum absolute atomic E-state index is 0.0772. The SMILES string of the molecule is C/C(N)=N/N=C(\N)CCCC(=O)NCCOCCOCCNC(=O)OCC(C)C. The minimum atomic E-state index is -0.441. The van der Waals surface area contributed by atoms with Crippen LogP contribution in [-0.4, -0.2) is 69.8 Å². The first kappa shape index (κ1) is 26.6. The van der Waals surface area contributed by atoms with Gasteiger partial charge < -0.3 is 36.3 Å². The molecule has 0 fully saturated rings. The van der Waals surface area contributed by atoms with Crippen molar-refractivity contribution in [3.05, 3.63) is 0 Å². The van der Waals surface area contributed by atoms with Crippen molar-refractivity contribution in [2.45, 2.75) is 40.0 Å². The van der Waals surface area contributed by atoms with Gasteiger partial charge >= 0.3 is 6.09 Å². The Labute approximate surface area is 172 Å². The number of nitrogens with two attached hydrogens (primary N) is 2. The van der Waals surface area contributed by atoms with Crippen LogP contribution < -0.4 is 22.1 Å². The number of rotatable bonds is 16. The lowest BCUT2D eigenvalue weighted by molar-refractivity contribution is -0.121. The zero-order valence-electron chi connectivity index (χ0n) is 17.7. The maximum absolute atomic E-state index is 11.7. The second-order valence-electron chi connectivity index (χ2n) is 6.68. The van der Waals surface area contributed by atoms with Gasteiger partial charge in [-0.2, -0.15) is 0 Å². The fourth-order valence-electron chi connectivity index (χ4n) is 1.81. The molecule has 2 amide bonds. The molecule has 0 radical (unpaired) electrons. The third-order valence-electron chi connectivity index (χ3n) is 3.18. The van der Waals surface area contributed by atoms with Crippen molar-refractivity contribution >= 4 is 23.7 Å². The minimum Gasteiger partial charge on any atom is -0.449 e. The number of amidine groups is 2. The van der Waals surface area contributed by atoms with Gasteiger partial charge in [-0.1, -0.05) is 13.8 Å². The third-order valence-corrected chi connectivity index (χ3v) is 3.18. The summed E-state index contributed by atoms with van der Waals surface area (Å²) in [7, 11) is 0. The summed E-state index contributed by atoms with van der Waals surface area (Å²) < 4.78 is 15.6. The molecule has 0 rings (SSSR count). The quantitative estimate of drug-likeness (QED) is 0.122. The van der Waals surface area contributed by atoms with Crippen LogP contribution in [0.2, 0.25) is 0 Å². The summed E-state index contributed by atoms with van der Waals surface area (Å²) in [6, 6.07) is 0.